The Kier molecular flexibility index (Phi) is 4.91. The number of nitrogens with zero attached hydrogens (tertiary/aromatic N) is 1. The lowest BCUT2D eigenvalue weighted by Gasteiger charge is -2.15. The third-order valence-electron chi connectivity index (χ3n) is 2.83. The van der Waals surface area contributed by atoms with E-state index in [0.717, 1.165) is 24.5 Å². The van der Waals surface area contributed by atoms with Gasteiger partial charge in [0.1, 0.15) is 0 Å². The monoisotopic (exact) mass is 275 g/mol. The van der Waals surface area contributed by atoms with Gasteiger partial charge in [0.15, 0.2) is 5.13 Å². The number of rotatable bonds is 2. The molecule has 6 heteroatoms. The molecule has 0 saturated carbocycles. The average Bonchev–Trinajstić information content (AvgIpc) is 2.58. The molecule has 0 radical (unpaired) electrons. The first-order chi connectivity index (χ1) is 7.56. The molecule has 1 heterocycles. The number of halogens is 1. The molecule has 96 valence electrons. The van der Waals surface area contributed by atoms with Gasteiger partial charge in [-0.3, -0.25) is 4.79 Å². The van der Waals surface area contributed by atoms with E-state index in [0.29, 0.717) is 5.13 Å². The number of carbonyl (C=O) groups excluding carboxylic acids is 1. The number of aryl methyl sites for hydroxylation is 1. The van der Waals surface area contributed by atoms with Gasteiger partial charge >= 0.3 is 0 Å². The van der Waals surface area contributed by atoms with Crippen LogP contribution in [0.15, 0.2) is 0 Å². The summed E-state index contributed by atoms with van der Waals surface area (Å²) >= 11 is 1.59. The Morgan fingerprint density at radius 1 is 1.65 bits per heavy atom. The maximum atomic E-state index is 11.4. The molecular weight excluding hydrogens is 258 g/mol. The highest BCUT2D eigenvalue weighted by Crippen LogP contribution is 2.31. The van der Waals surface area contributed by atoms with Crippen LogP contribution >= 0.6 is 23.7 Å². The first kappa shape index (κ1) is 14.4. The van der Waals surface area contributed by atoms with Crippen molar-refractivity contribution in [3.05, 3.63) is 10.6 Å². The maximum absolute atomic E-state index is 11.4. The topological polar surface area (TPSA) is 68.0 Å². The second-order valence-corrected chi connectivity index (χ2v) is 5.60. The fourth-order valence-corrected chi connectivity index (χ4v) is 2.99. The number of anilines is 1. The molecule has 0 spiro atoms. The van der Waals surface area contributed by atoms with Crippen molar-refractivity contribution in [2.75, 3.05) is 5.32 Å². The van der Waals surface area contributed by atoms with Crippen molar-refractivity contribution in [3.8, 4) is 0 Å². The summed E-state index contributed by atoms with van der Waals surface area (Å²) in [6.45, 7) is 3.92. The highest BCUT2D eigenvalue weighted by atomic mass is 35.5. The van der Waals surface area contributed by atoms with Crippen LogP contribution in [0.5, 0.6) is 0 Å². The van der Waals surface area contributed by atoms with Gasteiger partial charge < -0.3 is 11.1 Å². The van der Waals surface area contributed by atoms with E-state index in [-0.39, 0.29) is 18.3 Å². The molecule has 2 unspecified atom stereocenters. The standard InChI is InChI=1S/C11H17N3OS.ClH/c1-6-3-4-8-9(5-6)16-11(13-8)14-10(15)7(2)12;/h6-7H,3-5,12H2,1-2H3,(H,13,14,15);1H. The van der Waals surface area contributed by atoms with Gasteiger partial charge in [0.05, 0.1) is 11.7 Å². The Bertz CT molecular complexity index is 405. The average molecular weight is 276 g/mol. The van der Waals surface area contributed by atoms with Crippen molar-refractivity contribution in [1.82, 2.24) is 4.98 Å². The number of hydrogen-bond acceptors (Lipinski definition) is 4. The molecule has 2 atom stereocenters. The molecule has 4 nitrogen and oxygen atoms in total. The number of nitrogens with one attached hydrogen (secondary N) is 1. The molecule has 1 aliphatic carbocycles. The molecule has 1 amide bonds. The number of carbonyl (C=O) groups is 1. The second kappa shape index (κ2) is 5.80. The minimum atomic E-state index is -0.486. The van der Waals surface area contributed by atoms with Crippen molar-refractivity contribution >= 4 is 34.8 Å². The minimum Gasteiger partial charge on any atom is -0.320 e. The Labute approximate surface area is 111 Å². The lowest BCUT2D eigenvalue weighted by molar-refractivity contribution is -0.117. The number of hydrogen-bond donors (Lipinski definition) is 2. The molecule has 0 fully saturated rings. The van der Waals surface area contributed by atoms with Crippen LogP contribution in [0.1, 0.15) is 30.8 Å². The van der Waals surface area contributed by atoms with E-state index in [1.54, 1.807) is 18.3 Å². The number of nitrogens with two attached hydrogens (primary N) is 1. The third kappa shape index (κ3) is 3.40. The summed E-state index contributed by atoms with van der Waals surface area (Å²) in [6.07, 6.45) is 3.31. The molecular formula is C11H18ClN3OS. The first-order valence-electron chi connectivity index (χ1n) is 5.61. The summed E-state index contributed by atoms with van der Waals surface area (Å²) in [5.41, 5.74) is 6.65. The van der Waals surface area contributed by atoms with Gasteiger partial charge in [0, 0.05) is 4.88 Å². The van der Waals surface area contributed by atoms with E-state index in [4.69, 9.17) is 5.73 Å². The van der Waals surface area contributed by atoms with Gasteiger partial charge in [-0.2, -0.15) is 0 Å². The van der Waals surface area contributed by atoms with Crippen LogP contribution in [0.25, 0.3) is 0 Å². The molecule has 0 saturated heterocycles. The van der Waals surface area contributed by atoms with Crippen LogP contribution in [0.4, 0.5) is 5.13 Å². The van der Waals surface area contributed by atoms with Gasteiger partial charge in [0.2, 0.25) is 5.91 Å². The highest BCUT2D eigenvalue weighted by Gasteiger charge is 2.20. The molecule has 0 bridgehead atoms. The van der Waals surface area contributed by atoms with Crippen LogP contribution in [-0.4, -0.2) is 16.9 Å². The van der Waals surface area contributed by atoms with Crippen LogP contribution in [0.2, 0.25) is 0 Å². The number of amides is 1. The number of aromatic nitrogens is 1. The Balaban J connectivity index is 0.00000144. The van der Waals surface area contributed by atoms with E-state index in [2.05, 4.69) is 17.2 Å². The fraction of sp³-hybridized carbons (Fsp3) is 0.636. The van der Waals surface area contributed by atoms with Crippen LogP contribution in [0, 0.1) is 5.92 Å². The van der Waals surface area contributed by atoms with Crippen LogP contribution < -0.4 is 11.1 Å². The van der Waals surface area contributed by atoms with Crippen molar-refractivity contribution < 1.29 is 4.79 Å². The Hall–Kier alpha value is -0.650. The molecule has 17 heavy (non-hydrogen) atoms. The zero-order valence-corrected chi connectivity index (χ0v) is 11.7. The predicted octanol–water partition coefficient (Wildman–Crippen LogP) is 1.98. The van der Waals surface area contributed by atoms with E-state index < -0.39 is 6.04 Å². The minimum absolute atomic E-state index is 0. The molecule has 1 aliphatic rings. The van der Waals surface area contributed by atoms with Crippen molar-refractivity contribution in [1.29, 1.82) is 0 Å². The quantitative estimate of drug-likeness (QED) is 0.867. The summed E-state index contributed by atoms with van der Waals surface area (Å²) in [5, 5.41) is 3.45. The SMILES string of the molecule is CC1CCc2nc(NC(=O)C(C)N)sc2C1.Cl. The number of fused-ring (bicyclic) bond motifs is 1. The van der Waals surface area contributed by atoms with Gasteiger partial charge in [0.25, 0.3) is 0 Å². The van der Waals surface area contributed by atoms with Crippen molar-refractivity contribution in [2.24, 2.45) is 11.7 Å². The molecule has 3 N–H and O–H groups in total. The summed E-state index contributed by atoms with van der Waals surface area (Å²) in [5.74, 6) is 0.559. The second-order valence-electron chi connectivity index (χ2n) is 4.51. The maximum Gasteiger partial charge on any atom is 0.242 e. The van der Waals surface area contributed by atoms with E-state index in [9.17, 15) is 4.79 Å². The summed E-state index contributed by atoms with van der Waals surface area (Å²) in [4.78, 5) is 17.2. The molecule has 0 aliphatic heterocycles. The largest absolute Gasteiger partial charge is 0.320 e. The lowest BCUT2D eigenvalue weighted by atomic mass is 9.93. The molecule has 0 aromatic carbocycles. The van der Waals surface area contributed by atoms with E-state index in [1.165, 1.54) is 11.3 Å². The Morgan fingerprint density at radius 3 is 3.00 bits per heavy atom. The zero-order chi connectivity index (χ0) is 11.7. The smallest absolute Gasteiger partial charge is 0.242 e. The molecule has 1 aromatic rings. The van der Waals surface area contributed by atoms with Gasteiger partial charge in [-0.25, -0.2) is 4.98 Å². The predicted molar refractivity (Wildman–Crippen MR) is 72.8 cm³/mol. The van der Waals surface area contributed by atoms with Crippen molar-refractivity contribution in [2.45, 2.75) is 39.2 Å². The molecule has 2 rings (SSSR count). The van der Waals surface area contributed by atoms with Crippen molar-refractivity contribution in [3.63, 3.8) is 0 Å². The van der Waals surface area contributed by atoms with Gasteiger partial charge in [-0.15, -0.1) is 23.7 Å². The molecule has 1 aromatic heterocycles. The lowest BCUT2D eigenvalue weighted by Crippen LogP contribution is -2.32. The normalized spacial score (nSPS) is 20.1. The van der Waals surface area contributed by atoms with Gasteiger partial charge in [-0.05, 0) is 32.1 Å². The summed E-state index contributed by atoms with van der Waals surface area (Å²) in [6, 6.07) is -0.486. The third-order valence-corrected chi connectivity index (χ3v) is 3.87. The summed E-state index contributed by atoms with van der Waals surface area (Å²) in [7, 11) is 0. The van der Waals surface area contributed by atoms with E-state index in [1.807, 2.05) is 0 Å². The highest BCUT2D eigenvalue weighted by molar-refractivity contribution is 7.15. The zero-order valence-electron chi connectivity index (χ0n) is 10.0. The van der Waals surface area contributed by atoms with E-state index >= 15 is 0 Å². The first-order valence-corrected chi connectivity index (χ1v) is 6.43. The summed E-state index contributed by atoms with van der Waals surface area (Å²) < 4.78 is 0. The Morgan fingerprint density at radius 2 is 2.35 bits per heavy atom. The fourth-order valence-electron chi connectivity index (χ4n) is 1.81. The van der Waals surface area contributed by atoms with Crippen LogP contribution in [-0.2, 0) is 17.6 Å². The van der Waals surface area contributed by atoms with Crippen LogP contribution in [0.3, 0.4) is 0 Å². The van der Waals surface area contributed by atoms with Gasteiger partial charge in [-0.1, -0.05) is 6.92 Å². The number of thiazole rings is 1.